The highest BCUT2D eigenvalue weighted by atomic mass is 79.9. The number of alkyl halides is 1. The van der Waals surface area contributed by atoms with Crippen molar-refractivity contribution in [1.29, 1.82) is 0 Å². The van der Waals surface area contributed by atoms with Crippen LogP contribution in [0.1, 0.15) is 11.3 Å². The van der Waals surface area contributed by atoms with Gasteiger partial charge < -0.3 is 0 Å². The average Bonchev–Trinajstić information content (AvgIpc) is 2.23. The molecule has 0 aliphatic carbocycles. The van der Waals surface area contributed by atoms with Crippen molar-refractivity contribution in [3.63, 3.8) is 0 Å². The first kappa shape index (κ1) is 9.94. The molecular formula is C11H9BrClN. The minimum Gasteiger partial charge on any atom is -0.250 e. The smallest absolute Gasteiger partial charge is 0.0709 e. The largest absolute Gasteiger partial charge is 0.250 e. The molecule has 0 spiro atoms. The van der Waals surface area contributed by atoms with Crippen molar-refractivity contribution in [3.8, 4) is 0 Å². The highest BCUT2D eigenvalue weighted by Gasteiger charge is 2.08. The highest BCUT2D eigenvalue weighted by Crippen LogP contribution is 2.27. The lowest BCUT2D eigenvalue weighted by molar-refractivity contribution is 1.22. The van der Waals surface area contributed by atoms with Crippen LogP contribution in [0.3, 0.4) is 0 Å². The van der Waals surface area contributed by atoms with E-state index in [4.69, 9.17) is 11.6 Å². The summed E-state index contributed by atoms with van der Waals surface area (Å²) in [6, 6.07) is 8.04. The van der Waals surface area contributed by atoms with Gasteiger partial charge in [0, 0.05) is 10.7 Å². The third kappa shape index (κ3) is 1.53. The van der Waals surface area contributed by atoms with Crippen molar-refractivity contribution in [2.75, 3.05) is 0 Å². The van der Waals surface area contributed by atoms with Crippen molar-refractivity contribution in [3.05, 3.63) is 40.5 Å². The minimum absolute atomic E-state index is 0.692. The third-order valence-corrected chi connectivity index (χ3v) is 3.31. The van der Waals surface area contributed by atoms with Crippen molar-refractivity contribution in [2.45, 2.75) is 12.3 Å². The van der Waals surface area contributed by atoms with Crippen molar-refractivity contribution < 1.29 is 0 Å². The van der Waals surface area contributed by atoms with Gasteiger partial charge in [-0.3, -0.25) is 4.98 Å². The van der Waals surface area contributed by atoms with Crippen LogP contribution in [-0.4, -0.2) is 4.98 Å². The van der Waals surface area contributed by atoms with E-state index in [1.807, 2.05) is 31.2 Å². The van der Waals surface area contributed by atoms with Crippen molar-refractivity contribution in [1.82, 2.24) is 4.98 Å². The molecule has 2 aromatic rings. The van der Waals surface area contributed by atoms with Gasteiger partial charge in [-0.1, -0.05) is 45.7 Å². The summed E-state index contributed by atoms with van der Waals surface area (Å²) in [6.07, 6.45) is 0. The van der Waals surface area contributed by atoms with Gasteiger partial charge in [0.2, 0.25) is 0 Å². The van der Waals surface area contributed by atoms with E-state index >= 15 is 0 Å². The Morgan fingerprint density at radius 1 is 1.36 bits per heavy atom. The molecule has 0 amide bonds. The normalized spacial score (nSPS) is 10.8. The first-order chi connectivity index (χ1) is 6.74. The number of hydrogen-bond donors (Lipinski definition) is 0. The van der Waals surface area contributed by atoms with Crippen LogP contribution in [0.5, 0.6) is 0 Å². The molecule has 0 aliphatic heterocycles. The molecule has 0 N–H and O–H groups in total. The second kappa shape index (κ2) is 3.87. The van der Waals surface area contributed by atoms with Gasteiger partial charge in [0.15, 0.2) is 0 Å². The predicted molar refractivity (Wildman–Crippen MR) is 64.1 cm³/mol. The van der Waals surface area contributed by atoms with E-state index in [-0.39, 0.29) is 0 Å². The second-order valence-corrected chi connectivity index (χ2v) is 4.09. The standard InChI is InChI=1S/C11H9BrClN/c1-7-8-4-2-3-5-9(8)14-10(6-12)11(7)13/h2-5H,6H2,1H3. The van der Waals surface area contributed by atoms with E-state index in [1.165, 1.54) is 0 Å². The lowest BCUT2D eigenvalue weighted by Crippen LogP contribution is -1.92. The van der Waals surface area contributed by atoms with Gasteiger partial charge >= 0.3 is 0 Å². The summed E-state index contributed by atoms with van der Waals surface area (Å²) in [6.45, 7) is 2.03. The number of para-hydroxylation sites is 1. The third-order valence-electron chi connectivity index (χ3n) is 2.27. The summed E-state index contributed by atoms with van der Waals surface area (Å²) >= 11 is 9.56. The van der Waals surface area contributed by atoms with Crippen molar-refractivity contribution >= 4 is 38.4 Å². The summed E-state index contributed by atoms with van der Waals surface area (Å²) < 4.78 is 0. The van der Waals surface area contributed by atoms with E-state index in [1.54, 1.807) is 0 Å². The van der Waals surface area contributed by atoms with Crippen LogP contribution < -0.4 is 0 Å². The van der Waals surface area contributed by atoms with E-state index in [2.05, 4.69) is 20.9 Å². The van der Waals surface area contributed by atoms with Crippen LogP contribution in [0.4, 0.5) is 0 Å². The molecule has 1 nitrogen and oxygen atoms in total. The van der Waals surface area contributed by atoms with Crippen LogP contribution in [-0.2, 0) is 5.33 Å². The number of benzene rings is 1. The fourth-order valence-corrected chi connectivity index (χ4v) is 2.28. The Morgan fingerprint density at radius 3 is 2.79 bits per heavy atom. The summed E-state index contributed by atoms with van der Waals surface area (Å²) in [4.78, 5) is 4.48. The maximum absolute atomic E-state index is 6.18. The summed E-state index contributed by atoms with van der Waals surface area (Å²) in [5, 5.41) is 2.58. The average molecular weight is 271 g/mol. The Bertz CT molecular complexity index is 482. The van der Waals surface area contributed by atoms with E-state index in [9.17, 15) is 0 Å². The van der Waals surface area contributed by atoms with Gasteiger partial charge in [0.05, 0.1) is 16.2 Å². The van der Waals surface area contributed by atoms with Crippen LogP contribution in [0, 0.1) is 6.92 Å². The van der Waals surface area contributed by atoms with Gasteiger partial charge in [-0.25, -0.2) is 0 Å². The number of rotatable bonds is 1. The lowest BCUT2D eigenvalue weighted by Gasteiger charge is -2.07. The number of aromatic nitrogens is 1. The number of halogens is 2. The van der Waals surface area contributed by atoms with E-state index in [0.717, 1.165) is 27.2 Å². The Labute approximate surface area is 96.2 Å². The molecule has 1 aromatic carbocycles. The predicted octanol–water partition coefficient (Wildman–Crippen LogP) is 4.09. The van der Waals surface area contributed by atoms with Gasteiger partial charge in [0.25, 0.3) is 0 Å². The second-order valence-electron chi connectivity index (χ2n) is 3.15. The number of hydrogen-bond acceptors (Lipinski definition) is 1. The Balaban J connectivity index is 2.85. The minimum atomic E-state index is 0.692. The summed E-state index contributed by atoms with van der Waals surface area (Å²) in [7, 11) is 0. The Hall–Kier alpha value is -0.600. The quantitative estimate of drug-likeness (QED) is 0.711. The molecule has 0 radical (unpaired) electrons. The first-order valence-corrected chi connectivity index (χ1v) is 5.83. The molecule has 0 fully saturated rings. The number of pyridine rings is 1. The van der Waals surface area contributed by atoms with Gasteiger partial charge in [-0.15, -0.1) is 0 Å². The van der Waals surface area contributed by atoms with Crippen LogP contribution >= 0.6 is 27.5 Å². The van der Waals surface area contributed by atoms with Crippen LogP contribution in [0.2, 0.25) is 5.02 Å². The topological polar surface area (TPSA) is 12.9 Å². The number of nitrogens with zero attached hydrogens (tertiary/aromatic N) is 1. The Morgan fingerprint density at radius 2 is 2.07 bits per heavy atom. The Kier molecular flexibility index (Phi) is 2.75. The van der Waals surface area contributed by atoms with Gasteiger partial charge in [-0.05, 0) is 18.6 Å². The molecule has 14 heavy (non-hydrogen) atoms. The molecule has 1 aromatic heterocycles. The fourth-order valence-electron chi connectivity index (χ4n) is 1.51. The monoisotopic (exact) mass is 269 g/mol. The zero-order valence-electron chi connectivity index (χ0n) is 7.72. The van der Waals surface area contributed by atoms with Gasteiger partial charge in [-0.2, -0.15) is 0 Å². The molecule has 0 bridgehead atoms. The molecule has 0 aliphatic rings. The van der Waals surface area contributed by atoms with Gasteiger partial charge in [0.1, 0.15) is 0 Å². The zero-order chi connectivity index (χ0) is 10.1. The molecule has 72 valence electrons. The molecule has 1 heterocycles. The molecule has 0 atom stereocenters. The van der Waals surface area contributed by atoms with Crippen LogP contribution in [0.25, 0.3) is 10.9 Å². The summed E-state index contributed by atoms with van der Waals surface area (Å²) in [5.74, 6) is 0. The molecule has 0 unspecified atom stereocenters. The molecule has 0 saturated heterocycles. The SMILES string of the molecule is Cc1c(Cl)c(CBr)nc2ccccc12. The molecule has 2 rings (SSSR count). The van der Waals surface area contributed by atoms with E-state index < -0.39 is 0 Å². The summed E-state index contributed by atoms with van der Waals surface area (Å²) in [5.41, 5.74) is 3.01. The lowest BCUT2D eigenvalue weighted by atomic mass is 10.1. The van der Waals surface area contributed by atoms with Crippen molar-refractivity contribution in [2.24, 2.45) is 0 Å². The first-order valence-electron chi connectivity index (χ1n) is 4.33. The van der Waals surface area contributed by atoms with E-state index in [0.29, 0.717) is 5.33 Å². The molecular weight excluding hydrogens is 261 g/mol. The molecule has 0 saturated carbocycles. The number of fused-ring (bicyclic) bond motifs is 1. The molecule has 3 heteroatoms. The number of aryl methyl sites for hydroxylation is 1. The maximum atomic E-state index is 6.18. The highest BCUT2D eigenvalue weighted by molar-refractivity contribution is 9.08. The fraction of sp³-hybridized carbons (Fsp3) is 0.182. The zero-order valence-corrected chi connectivity index (χ0v) is 10.1. The maximum Gasteiger partial charge on any atom is 0.0709 e. The van der Waals surface area contributed by atoms with Crippen LogP contribution in [0.15, 0.2) is 24.3 Å².